The van der Waals surface area contributed by atoms with Crippen LogP contribution in [0, 0.1) is 11.6 Å². The lowest BCUT2D eigenvalue weighted by molar-refractivity contribution is 0.318. The number of likely N-dealkylation sites (N-methyl/N-ethyl adjacent to an activating group) is 1. The molecule has 3 heterocycles. The lowest BCUT2D eigenvalue weighted by Crippen LogP contribution is -2.28. The molecule has 0 fully saturated rings. The van der Waals surface area contributed by atoms with E-state index in [1.807, 2.05) is 6.07 Å². The molecule has 0 radical (unpaired) electrons. The van der Waals surface area contributed by atoms with Gasteiger partial charge in [-0.15, -0.1) is 10.2 Å². The molecule has 1 aliphatic heterocycles. The van der Waals surface area contributed by atoms with Crippen molar-refractivity contribution in [2.24, 2.45) is 7.05 Å². The first-order valence-electron chi connectivity index (χ1n) is 10.0. The van der Waals surface area contributed by atoms with E-state index >= 15 is 0 Å². The van der Waals surface area contributed by atoms with Crippen LogP contribution >= 0.6 is 0 Å². The van der Waals surface area contributed by atoms with E-state index in [0.717, 1.165) is 37.2 Å². The molecule has 0 unspecified atom stereocenters. The Balaban J connectivity index is 1.55. The molecule has 2 aromatic carbocycles. The Morgan fingerprint density at radius 2 is 1.83 bits per heavy atom. The maximum Gasteiger partial charge on any atom is 0.151 e. The largest absolute Gasteiger partial charge is 0.300 e. The molecule has 4 aromatic rings. The van der Waals surface area contributed by atoms with Crippen molar-refractivity contribution in [3.63, 3.8) is 0 Å². The summed E-state index contributed by atoms with van der Waals surface area (Å²) in [5, 5.41) is 13.6. The summed E-state index contributed by atoms with van der Waals surface area (Å²) in [6.45, 7) is 4.99. The third-order valence-electron chi connectivity index (χ3n) is 5.74. The zero-order valence-corrected chi connectivity index (χ0v) is 16.9. The number of aromatic nitrogens is 4. The summed E-state index contributed by atoms with van der Waals surface area (Å²) in [5.74, 6) is -0.786. The molecule has 7 heteroatoms. The average molecular weight is 405 g/mol. The third kappa shape index (κ3) is 3.25. The molecule has 1 aliphatic rings. The minimum atomic E-state index is -0.439. The standard InChI is InChI=1S/C23H21F2N5/c1-3-30-6-4-14(5-7-30)15-9-19(24)18-12-21(26-27-22(18)11-15)16-8-17-13-29(2)28-23(17)20(25)10-16/h4,8-13H,3,5-7H2,1-2H3. The van der Waals surface area contributed by atoms with E-state index in [1.165, 1.54) is 6.07 Å². The maximum absolute atomic E-state index is 15.0. The van der Waals surface area contributed by atoms with E-state index in [4.69, 9.17) is 0 Å². The summed E-state index contributed by atoms with van der Waals surface area (Å²) in [6.07, 6.45) is 4.77. The Bertz CT molecular complexity index is 1310. The maximum atomic E-state index is 15.0. The van der Waals surface area contributed by atoms with Crippen LogP contribution in [0.5, 0.6) is 0 Å². The first kappa shape index (κ1) is 18.8. The number of halogens is 2. The molecule has 0 bridgehead atoms. The average Bonchev–Trinajstić information content (AvgIpc) is 3.14. The summed E-state index contributed by atoms with van der Waals surface area (Å²) in [5.41, 5.74) is 3.75. The van der Waals surface area contributed by atoms with Crippen LogP contribution in [0.4, 0.5) is 8.78 Å². The van der Waals surface area contributed by atoms with Crippen molar-refractivity contribution in [3.8, 4) is 11.3 Å². The second-order valence-corrected chi connectivity index (χ2v) is 7.69. The fourth-order valence-electron chi connectivity index (χ4n) is 4.05. The van der Waals surface area contributed by atoms with Gasteiger partial charge in [-0.05, 0) is 54.4 Å². The summed E-state index contributed by atoms with van der Waals surface area (Å²) >= 11 is 0. The summed E-state index contributed by atoms with van der Waals surface area (Å²) in [7, 11) is 1.74. The van der Waals surface area contributed by atoms with Gasteiger partial charge in [0.1, 0.15) is 11.3 Å². The molecule has 0 spiro atoms. The normalized spacial score (nSPS) is 15.1. The Kier molecular flexibility index (Phi) is 4.55. The highest BCUT2D eigenvalue weighted by molar-refractivity contribution is 5.88. The second kappa shape index (κ2) is 7.25. The molecular weight excluding hydrogens is 384 g/mol. The lowest BCUT2D eigenvalue weighted by Gasteiger charge is -2.25. The van der Waals surface area contributed by atoms with Crippen LogP contribution in [-0.2, 0) is 7.05 Å². The number of fused-ring (bicyclic) bond motifs is 2. The van der Waals surface area contributed by atoms with Gasteiger partial charge in [0, 0.05) is 42.7 Å². The van der Waals surface area contributed by atoms with Gasteiger partial charge in [-0.2, -0.15) is 5.10 Å². The molecule has 0 N–H and O–H groups in total. The summed E-state index contributed by atoms with van der Waals surface area (Å²) < 4.78 is 31.0. The quantitative estimate of drug-likeness (QED) is 0.501. The molecule has 0 atom stereocenters. The zero-order valence-electron chi connectivity index (χ0n) is 16.9. The summed E-state index contributed by atoms with van der Waals surface area (Å²) in [4.78, 5) is 2.34. The fourth-order valence-corrected chi connectivity index (χ4v) is 4.05. The van der Waals surface area contributed by atoms with E-state index in [1.54, 1.807) is 36.1 Å². The number of hydrogen-bond donors (Lipinski definition) is 0. The molecule has 30 heavy (non-hydrogen) atoms. The van der Waals surface area contributed by atoms with Gasteiger partial charge < -0.3 is 0 Å². The van der Waals surface area contributed by atoms with Crippen molar-refractivity contribution in [2.45, 2.75) is 13.3 Å². The number of hydrogen-bond acceptors (Lipinski definition) is 4. The number of nitrogens with zero attached hydrogens (tertiary/aromatic N) is 5. The minimum Gasteiger partial charge on any atom is -0.300 e. The van der Waals surface area contributed by atoms with Gasteiger partial charge in [0.2, 0.25) is 0 Å². The topological polar surface area (TPSA) is 46.8 Å². The first-order chi connectivity index (χ1) is 14.5. The number of rotatable bonds is 3. The van der Waals surface area contributed by atoms with Gasteiger partial charge in [-0.1, -0.05) is 13.0 Å². The van der Waals surface area contributed by atoms with Gasteiger partial charge in [0.05, 0.1) is 11.2 Å². The highest BCUT2D eigenvalue weighted by atomic mass is 19.1. The summed E-state index contributed by atoms with van der Waals surface area (Å²) in [6, 6.07) is 8.23. The van der Waals surface area contributed by atoms with Gasteiger partial charge in [-0.25, -0.2) is 8.78 Å². The first-order valence-corrected chi connectivity index (χ1v) is 10.0. The minimum absolute atomic E-state index is 0.299. The second-order valence-electron chi connectivity index (χ2n) is 7.69. The molecule has 0 amide bonds. The molecule has 5 rings (SSSR count). The SMILES string of the molecule is CCN1CC=C(c2cc(F)c3cc(-c4cc(F)c5nn(C)cc5c4)nnc3c2)CC1. The Hall–Kier alpha value is -3.19. The smallest absolute Gasteiger partial charge is 0.151 e. The van der Waals surface area contributed by atoms with Gasteiger partial charge in [-0.3, -0.25) is 9.58 Å². The number of benzene rings is 2. The monoisotopic (exact) mass is 405 g/mol. The van der Waals surface area contributed by atoms with E-state index in [0.29, 0.717) is 33.1 Å². The Morgan fingerprint density at radius 1 is 1.00 bits per heavy atom. The Morgan fingerprint density at radius 3 is 2.60 bits per heavy atom. The van der Waals surface area contributed by atoms with Crippen molar-refractivity contribution in [3.05, 3.63) is 59.8 Å². The highest BCUT2D eigenvalue weighted by Crippen LogP contribution is 2.30. The van der Waals surface area contributed by atoms with Crippen molar-refractivity contribution in [1.82, 2.24) is 24.9 Å². The van der Waals surface area contributed by atoms with E-state index in [9.17, 15) is 8.78 Å². The molecule has 0 aliphatic carbocycles. The van der Waals surface area contributed by atoms with Crippen molar-refractivity contribution >= 4 is 27.4 Å². The van der Waals surface area contributed by atoms with Crippen molar-refractivity contribution in [1.29, 1.82) is 0 Å². The molecule has 0 saturated carbocycles. The molecule has 2 aromatic heterocycles. The molecule has 152 valence electrons. The van der Waals surface area contributed by atoms with Crippen molar-refractivity contribution < 1.29 is 8.78 Å². The fraction of sp³-hybridized carbons (Fsp3) is 0.261. The predicted octanol–water partition coefficient (Wildman–Crippen LogP) is 4.57. The van der Waals surface area contributed by atoms with Gasteiger partial charge >= 0.3 is 0 Å². The molecule has 5 nitrogen and oxygen atoms in total. The molecule has 0 saturated heterocycles. The van der Waals surface area contributed by atoms with Crippen LogP contribution in [0.25, 0.3) is 38.6 Å². The van der Waals surface area contributed by atoms with Gasteiger partial charge in [0.25, 0.3) is 0 Å². The molecular formula is C23H21F2N5. The van der Waals surface area contributed by atoms with Crippen LogP contribution in [0.2, 0.25) is 0 Å². The van der Waals surface area contributed by atoms with Gasteiger partial charge in [0.15, 0.2) is 5.82 Å². The zero-order chi connectivity index (χ0) is 20.8. The van der Waals surface area contributed by atoms with E-state index in [2.05, 4.69) is 33.2 Å². The Labute approximate surface area is 172 Å². The predicted molar refractivity (Wildman–Crippen MR) is 114 cm³/mol. The van der Waals surface area contributed by atoms with Crippen LogP contribution < -0.4 is 0 Å². The van der Waals surface area contributed by atoms with Crippen LogP contribution in [0.15, 0.2) is 42.6 Å². The highest BCUT2D eigenvalue weighted by Gasteiger charge is 2.16. The van der Waals surface area contributed by atoms with E-state index < -0.39 is 5.82 Å². The number of aryl methyl sites for hydroxylation is 1. The third-order valence-corrected chi connectivity index (χ3v) is 5.74. The van der Waals surface area contributed by atoms with Crippen LogP contribution in [0.3, 0.4) is 0 Å². The van der Waals surface area contributed by atoms with E-state index in [-0.39, 0.29) is 5.82 Å². The van der Waals surface area contributed by atoms with Crippen LogP contribution in [0.1, 0.15) is 18.9 Å². The van der Waals surface area contributed by atoms with Crippen molar-refractivity contribution in [2.75, 3.05) is 19.6 Å². The van der Waals surface area contributed by atoms with Crippen LogP contribution in [-0.4, -0.2) is 44.5 Å². The lowest BCUT2D eigenvalue weighted by atomic mass is 9.97.